The molecule has 5 heteroatoms. The van der Waals surface area contributed by atoms with Gasteiger partial charge < -0.3 is 18.9 Å². The largest absolute Gasteiger partial charge is 0.310 e. The van der Waals surface area contributed by atoms with Gasteiger partial charge in [0.15, 0.2) is 8.07 Å². The van der Waals surface area contributed by atoms with Crippen LogP contribution in [0, 0.1) is 0 Å². The summed E-state index contributed by atoms with van der Waals surface area (Å²) in [5.74, 6) is 0. The van der Waals surface area contributed by atoms with Gasteiger partial charge in [-0.25, -0.2) is 0 Å². The predicted molar refractivity (Wildman–Crippen MR) is 430 cm³/mol. The molecule has 2 aromatic heterocycles. The number of aromatic nitrogens is 2. The highest BCUT2D eigenvalue weighted by Gasteiger charge is 2.42. The van der Waals surface area contributed by atoms with Crippen molar-refractivity contribution in [3.63, 3.8) is 0 Å². The number of anilines is 6. The lowest BCUT2D eigenvalue weighted by Crippen LogP contribution is -2.74. The summed E-state index contributed by atoms with van der Waals surface area (Å²) in [4.78, 5) is 4.85. The van der Waals surface area contributed by atoms with Gasteiger partial charge in [-0.3, -0.25) is 0 Å². The van der Waals surface area contributed by atoms with E-state index in [-0.39, 0.29) is 0 Å². The Kier molecular flexibility index (Phi) is 15.6. The SMILES string of the molecule is c1ccc(-c2ccc(N(c3cccc(-c4cccc([Si](c5ccccc5)(c5ccccc5)c5cccc(-c6cccc(N(c7ccc(-c8ccccc8)cc7)c7ccc8c(c7)c7ccccc7n8-c7ccccc7)c6)c5)c4)c3)c3ccc4c(c3)c3ccccc3n4-c3ccccc3)cc2)cc1. The molecule has 0 amide bonds. The Labute approximate surface area is 590 Å². The summed E-state index contributed by atoms with van der Waals surface area (Å²) in [6, 6.07) is 152. The lowest BCUT2D eigenvalue weighted by atomic mass is 10.0. The molecule has 2 heterocycles. The zero-order valence-electron chi connectivity index (χ0n) is 55.5. The smallest absolute Gasteiger partial charge is 0.179 e. The zero-order chi connectivity index (χ0) is 67.1. The molecule has 101 heavy (non-hydrogen) atoms. The van der Waals surface area contributed by atoms with Crippen molar-refractivity contribution in [2.75, 3.05) is 9.80 Å². The van der Waals surface area contributed by atoms with Crippen molar-refractivity contribution < 1.29 is 0 Å². The second-order valence-electron chi connectivity index (χ2n) is 26.0. The first kappa shape index (κ1) is 60.4. The molecule has 0 atom stereocenters. The second kappa shape index (κ2) is 26.1. The van der Waals surface area contributed by atoms with Crippen molar-refractivity contribution in [1.82, 2.24) is 9.13 Å². The molecule has 0 aliphatic heterocycles. The van der Waals surface area contributed by atoms with Gasteiger partial charge in [0, 0.05) is 67.0 Å². The molecule has 0 saturated heterocycles. The highest BCUT2D eigenvalue weighted by atomic mass is 28.3. The number of benzene rings is 16. The van der Waals surface area contributed by atoms with Crippen LogP contribution in [-0.2, 0) is 0 Å². The van der Waals surface area contributed by atoms with E-state index < -0.39 is 8.07 Å². The first-order valence-corrected chi connectivity index (χ1v) is 36.7. The van der Waals surface area contributed by atoms with E-state index in [0.717, 1.165) is 78.8 Å². The van der Waals surface area contributed by atoms with E-state index in [4.69, 9.17) is 0 Å². The van der Waals surface area contributed by atoms with Crippen LogP contribution in [0.15, 0.2) is 413 Å². The van der Waals surface area contributed by atoms with Crippen LogP contribution in [0.4, 0.5) is 34.1 Å². The van der Waals surface area contributed by atoms with Gasteiger partial charge in [-0.1, -0.05) is 291 Å². The van der Waals surface area contributed by atoms with E-state index in [1.165, 1.54) is 75.6 Å². The highest BCUT2D eigenvalue weighted by Crippen LogP contribution is 2.44. The average Bonchev–Trinajstić information content (AvgIpc) is 1.64. The minimum absolute atomic E-state index is 1.06. The van der Waals surface area contributed by atoms with Gasteiger partial charge in [0.05, 0.1) is 22.1 Å². The van der Waals surface area contributed by atoms with Crippen LogP contribution in [0.2, 0.25) is 0 Å². The summed E-state index contributed by atoms with van der Waals surface area (Å²) in [6.45, 7) is 0. The molecule has 16 aromatic carbocycles. The third kappa shape index (κ3) is 11.0. The summed E-state index contributed by atoms with van der Waals surface area (Å²) in [5, 5.41) is 10.0. The van der Waals surface area contributed by atoms with Gasteiger partial charge in [-0.05, 0) is 187 Å². The number of hydrogen-bond acceptors (Lipinski definition) is 2. The topological polar surface area (TPSA) is 16.3 Å². The Morgan fingerprint density at radius 3 is 0.842 bits per heavy atom. The number of para-hydroxylation sites is 4. The molecule has 18 rings (SSSR count). The van der Waals surface area contributed by atoms with Gasteiger partial charge in [-0.15, -0.1) is 0 Å². The molecular weight excluding hydrogens is 1240 g/mol. The first-order valence-electron chi connectivity index (χ1n) is 34.7. The lowest BCUT2D eigenvalue weighted by molar-refractivity contribution is 1.18. The lowest BCUT2D eigenvalue weighted by Gasteiger charge is -2.35. The normalized spacial score (nSPS) is 11.6. The minimum atomic E-state index is -3.14. The van der Waals surface area contributed by atoms with Crippen LogP contribution in [0.25, 0.3) is 99.5 Å². The minimum Gasteiger partial charge on any atom is -0.310 e. The molecule has 0 spiro atoms. The van der Waals surface area contributed by atoms with Crippen molar-refractivity contribution in [2.24, 2.45) is 0 Å². The Hall–Kier alpha value is -13.1. The van der Waals surface area contributed by atoms with Crippen LogP contribution in [-0.4, -0.2) is 17.2 Å². The summed E-state index contributed by atoms with van der Waals surface area (Å²) in [5.41, 5.74) is 22.7. The van der Waals surface area contributed by atoms with E-state index >= 15 is 0 Å². The van der Waals surface area contributed by atoms with Crippen LogP contribution >= 0.6 is 0 Å². The molecule has 0 bridgehead atoms. The molecular formula is C96H68N4Si. The van der Waals surface area contributed by atoms with E-state index in [2.05, 4.69) is 431 Å². The standard InChI is InChI=1S/C96H68N4Si/c1-7-27-69(28-8-1)71-51-55-79(56-52-71)97(83-59-61-95-91(67-83)89-47-19-21-49-93(89)99(95)77-35-11-3-12-36-77)81-39-23-31-73(63-81)75-33-25-45-87(65-75)101(85-41-15-5-16-42-85,86-43-17-6-18-44-86)88-46-26-34-76(66-88)74-32-24-40-82(64-74)98(80-57-53-72(54-58-80)70-29-9-2-10-30-70)84-60-62-96-92(68-84)90-48-20-22-50-94(90)100(96)78-37-13-4-14-38-78/h1-68H. The third-order valence-corrected chi connectivity index (χ3v) is 25.0. The van der Waals surface area contributed by atoms with Gasteiger partial charge in [0.1, 0.15) is 0 Å². The molecule has 0 N–H and O–H groups in total. The Bertz CT molecular complexity index is 5620. The predicted octanol–water partition coefficient (Wildman–Crippen LogP) is 22.9. The first-order chi connectivity index (χ1) is 50.1. The monoisotopic (exact) mass is 1300 g/mol. The maximum Gasteiger partial charge on any atom is 0.179 e. The van der Waals surface area contributed by atoms with E-state index in [9.17, 15) is 0 Å². The molecule has 0 radical (unpaired) electrons. The number of hydrogen-bond donors (Lipinski definition) is 0. The highest BCUT2D eigenvalue weighted by molar-refractivity contribution is 7.20. The summed E-state index contributed by atoms with van der Waals surface area (Å²) in [7, 11) is -3.14. The van der Waals surface area contributed by atoms with Crippen LogP contribution in [0.1, 0.15) is 0 Å². The molecule has 0 fully saturated rings. The Morgan fingerprint density at radius 1 is 0.168 bits per heavy atom. The number of nitrogens with zero attached hydrogens (tertiary/aromatic N) is 4. The van der Waals surface area contributed by atoms with Crippen LogP contribution < -0.4 is 30.5 Å². The molecule has 476 valence electrons. The van der Waals surface area contributed by atoms with Crippen molar-refractivity contribution in [1.29, 1.82) is 0 Å². The second-order valence-corrected chi connectivity index (χ2v) is 29.8. The van der Waals surface area contributed by atoms with E-state index in [1.807, 2.05) is 0 Å². The number of fused-ring (bicyclic) bond motifs is 6. The maximum absolute atomic E-state index is 3.14. The van der Waals surface area contributed by atoms with Crippen molar-refractivity contribution in [2.45, 2.75) is 0 Å². The molecule has 4 nitrogen and oxygen atoms in total. The van der Waals surface area contributed by atoms with Crippen LogP contribution in [0.3, 0.4) is 0 Å². The molecule has 0 aliphatic carbocycles. The zero-order valence-corrected chi connectivity index (χ0v) is 56.5. The van der Waals surface area contributed by atoms with Gasteiger partial charge in [0.25, 0.3) is 0 Å². The summed E-state index contributed by atoms with van der Waals surface area (Å²) in [6.07, 6.45) is 0. The van der Waals surface area contributed by atoms with E-state index in [0.29, 0.717) is 0 Å². The fourth-order valence-corrected chi connectivity index (χ4v) is 20.4. The quantitative estimate of drug-likeness (QED) is 0.0708. The molecule has 0 saturated carbocycles. The van der Waals surface area contributed by atoms with Gasteiger partial charge in [-0.2, -0.15) is 0 Å². The van der Waals surface area contributed by atoms with Crippen molar-refractivity contribution in [3.8, 4) is 55.9 Å². The van der Waals surface area contributed by atoms with E-state index in [1.54, 1.807) is 0 Å². The third-order valence-electron chi connectivity index (χ3n) is 20.2. The Balaban J connectivity index is 0.764. The molecule has 18 aromatic rings. The van der Waals surface area contributed by atoms with Crippen LogP contribution in [0.5, 0.6) is 0 Å². The summed E-state index contributed by atoms with van der Waals surface area (Å²) < 4.78 is 4.78. The molecule has 0 aliphatic rings. The van der Waals surface area contributed by atoms with Crippen molar-refractivity contribution >= 4 is 107 Å². The van der Waals surface area contributed by atoms with Gasteiger partial charge >= 0.3 is 0 Å². The number of rotatable bonds is 16. The molecule has 0 unspecified atom stereocenters. The summed E-state index contributed by atoms with van der Waals surface area (Å²) >= 11 is 0. The van der Waals surface area contributed by atoms with Crippen molar-refractivity contribution in [3.05, 3.63) is 413 Å². The maximum atomic E-state index is 2.50. The fraction of sp³-hybridized carbons (Fsp3) is 0. The Morgan fingerprint density at radius 2 is 0.446 bits per heavy atom. The van der Waals surface area contributed by atoms with Gasteiger partial charge in [0.2, 0.25) is 0 Å². The fourth-order valence-electron chi connectivity index (χ4n) is 15.6. The average molecular weight is 1310 g/mol.